The highest BCUT2D eigenvalue weighted by Gasteiger charge is 2.30. The van der Waals surface area contributed by atoms with E-state index in [0.29, 0.717) is 0 Å². The highest BCUT2D eigenvalue weighted by Crippen LogP contribution is 2.35. The largest absolute Gasteiger partial charge is 0.314 e. The van der Waals surface area contributed by atoms with Gasteiger partial charge in [0.25, 0.3) is 0 Å². The third-order valence-corrected chi connectivity index (χ3v) is 4.90. The molecule has 1 saturated carbocycles. The summed E-state index contributed by atoms with van der Waals surface area (Å²) in [5, 5.41) is 8.05. The van der Waals surface area contributed by atoms with Crippen LogP contribution in [0.3, 0.4) is 0 Å². The van der Waals surface area contributed by atoms with Gasteiger partial charge in [0, 0.05) is 15.9 Å². The van der Waals surface area contributed by atoms with Crippen molar-refractivity contribution in [2.75, 3.05) is 6.54 Å². The first-order valence-corrected chi connectivity index (χ1v) is 7.48. The maximum Gasteiger partial charge on any atom is 0.0314 e. The fraction of sp³-hybridized carbons (Fsp3) is 0.667. The Hall–Kier alpha value is 0.140. The molecule has 1 N–H and O–H groups in total. The van der Waals surface area contributed by atoms with Crippen LogP contribution in [0.1, 0.15) is 31.7 Å². The number of thiophene rings is 1. The Morgan fingerprint density at radius 2 is 2.33 bits per heavy atom. The first-order valence-electron chi connectivity index (χ1n) is 5.75. The third kappa shape index (κ3) is 3.30. The Morgan fingerprint density at radius 3 is 2.87 bits per heavy atom. The molecule has 84 valence electrons. The van der Waals surface area contributed by atoms with Gasteiger partial charge in [-0.2, -0.15) is 11.3 Å². The molecule has 1 atom stereocenters. The molecule has 1 aromatic heterocycles. The Morgan fingerprint density at radius 1 is 1.53 bits per heavy atom. The molecule has 2 rings (SSSR count). The summed E-state index contributed by atoms with van der Waals surface area (Å²) in [5.41, 5.74) is 1.48. The van der Waals surface area contributed by atoms with Crippen molar-refractivity contribution in [3.05, 3.63) is 20.8 Å². The Labute approximate surface area is 104 Å². The average molecular weight is 288 g/mol. The summed E-state index contributed by atoms with van der Waals surface area (Å²) in [6, 6.07) is 0.752. The maximum absolute atomic E-state index is 3.61. The van der Waals surface area contributed by atoms with Crippen LogP contribution in [0.2, 0.25) is 0 Å². The lowest BCUT2D eigenvalue weighted by atomic mass is 10.0. The normalized spacial score (nSPS) is 18.0. The lowest BCUT2D eigenvalue weighted by Crippen LogP contribution is -2.31. The molecule has 1 aromatic rings. The molecule has 0 saturated heterocycles. The average Bonchev–Trinajstić information content (AvgIpc) is 2.98. The van der Waals surface area contributed by atoms with Gasteiger partial charge in [-0.3, -0.25) is 0 Å². The fourth-order valence-electron chi connectivity index (χ4n) is 2.06. The number of hydrogen-bond acceptors (Lipinski definition) is 2. The highest BCUT2D eigenvalue weighted by atomic mass is 79.9. The van der Waals surface area contributed by atoms with Crippen molar-refractivity contribution in [3.8, 4) is 0 Å². The van der Waals surface area contributed by atoms with E-state index in [1.165, 1.54) is 35.7 Å². The summed E-state index contributed by atoms with van der Waals surface area (Å²) < 4.78 is 1.29. The van der Waals surface area contributed by atoms with E-state index in [1.807, 2.05) is 0 Å². The predicted molar refractivity (Wildman–Crippen MR) is 70.5 cm³/mol. The van der Waals surface area contributed by atoms with Crippen LogP contribution in [-0.2, 0) is 6.42 Å². The smallest absolute Gasteiger partial charge is 0.0314 e. The van der Waals surface area contributed by atoms with Crippen LogP contribution < -0.4 is 5.32 Å². The topological polar surface area (TPSA) is 12.0 Å². The number of halogens is 1. The van der Waals surface area contributed by atoms with E-state index in [9.17, 15) is 0 Å². The number of nitrogens with one attached hydrogen (secondary N) is 1. The molecular weight excluding hydrogens is 270 g/mol. The molecule has 1 aliphatic rings. The van der Waals surface area contributed by atoms with Gasteiger partial charge in [-0.05, 0) is 65.0 Å². The van der Waals surface area contributed by atoms with E-state index in [-0.39, 0.29) is 0 Å². The lowest BCUT2D eigenvalue weighted by molar-refractivity contribution is 0.446. The van der Waals surface area contributed by atoms with E-state index >= 15 is 0 Å². The molecule has 1 fully saturated rings. The predicted octanol–water partition coefficient (Wildman–Crippen LogP) is 3.83. The van der Waals surface area contributed by atoms with E-state index in [0.717, 1.165) is 18.5 Å². The molecule has 1 nitrogen and oxygen atoms in total. The molecule has 0 spiro atoms. The van der Waals surface area contributed by atoms with Crippen molar-refractivity contribution in [2.24, 2.45) is 5.92 Å². The third-order valence-electron chi connectivity index (χ3n) is 3.07. The van der Waals surface area contributed by atoms with Crippen molar-refractivity contribution in [3.63, 3.8) is 0 Å². The molecule has 0 radical (unpaired) electrons. The molecule has 15 heavy (non-hydrogen) atoms. The number of aryl methyl sites for hydroxylation is 1. The van der Waals surface area contributed by atoms with E-state index in [1.54, 1.807) is 11.3 Å². The summed E-state index contributed by atoms with van der Waals surface area (Å²) >= 11 is 5.39. The van der Waals surface area contributed by atoms with Crippen LogP contribution in [0.15, 0.2) is 15.2 Å². The zero-order valence-electron chi connectivity index (χ0n) is 9.13. The molecule has 0 aliphatic heterocycles. The van der Waals surface area contributed by atoms with E-state index in [4.69, 9.17) is 0 Å². The van der Waals surface area contributed by atoms with Crippen molar-refractivity contribution < 1.29 is 0 Å². The van der Waals surface area contributed by atoms with Crippen LogP contribution in [-0.4, -0.2) is 12.6 Å². The summed E-state index contributed by atoms with van der Waals surface area (Å²) in [4.78, 5) is 0. The summed E-state index contributed by atoms with van der Waals surface area (Å²) in [7, 11) is 0. The first-order chi connectivity index (χ1) is 7.31. The van der Waals surface area contributed by atoms with Crippen molar-refractivity contribution in [2.45, 2.75) is 38.6 Å². The van der Waals surface area contributed by atoms with Gasteiger partial charge in [0.05, 0.1) is 0 Å². The quantitative estimate of drug-likeness (QED) is 0.839. The van der Waals surface area contributed by atoms with Gasteiger partial charge in [0.2, 0.25) is 0 Å². The molecule has 1 heterocycles. The lowest BCUT2D eigenvalue weighted by Gasteiger charge is -2.16. The zero-order valence-corrected chi connectivity index (χ0v) is 11.5. The standard InChI is InChI=1S/C12H18BrNS/c1-2-14-12(9-3-4-9)6-5-10-7-15-8-11(10)13/h7-9,12,14H,2-6H2,1H3. The second-order valence-corrected chi connectivity index (χ2v) is 5.88. The van der Waals surface area contributed by atoms with Gasteiger partial charge in [-0.25, -0.2) is 0 Å². The van der Waals surface area contributed by atoms with Crippen LogP contribution in [0.4, 0.5) is 0 Å². The maximum atomic E-state index is 3.61. The molecular formula is C12H18BrNS. The van der Waals surface area contributed by atoms with Gasteiger partial charge in [0.1, 0.15) is 0 Å². The SMILES string of the molecule is CCNC(CCc1cscc1Br)C1CC1. The molecule has 0 aromatic carbocycles. The molecule has 1 unspecified atom stereocenters. The minimum atomic E-state index is 0.752. The van der Waals surface area contributed by atoms with Gasteiger partial charge in [0.15, 0.2) is 0 Å². The Balaban J connectivity index is 1.82. The van der Waals surface area contributed by atoms with Crippen LogP contribution in [0.25, 0.3) is 0 Å². The van der Waals surface area contributed by atoms with Crippen molar-refractivity contribution in [1.82, 2.24) is 5.32 Å². The minimum absolute atomic E-state index is 0.752. The summed E-state index contributed by atoms with van der Waals surface area (Å²) in [6.07, 6.45) is 5.36. The minimum Gasteiger partial charge on any atom is -0.314 e. The fourth-order valence-corrected chi connectivity index (χ4v) is 3.60. The van der Waals surface area contributed by atoms with Crippen LogP contribution >= 0.6 is 27.3 Å². The van der Waals surface area contributed by atoms with Gasteiger partial charge in [-0.15, -0.1) is 0 Å². The Kier molecular flexibility index (Phi) is 4.23. The first kappa shape index (κ1) is 11.6. The van der Waals surface area contributed by atoms with Crippen LogP contribution in [0, 0.1) is 5.92 Å². The molecule has 1 aliphatic carbocycles. The van der Waals surface area contributed by atoms with E-state index in [2.05, 4.69) is 38.9 Å². The second-order valence-electron chi connectivity index (χ2n) is 4.29. The van der Waals surface area contributed by atoms with Gasteiger partial charge >= 0.3 is 0 Å². The van der Waals surface area contributed by atoms with Crippen LogP contribution in [0.5, 0.6) is 0 Å². The van der Waals surface area contributed by atoms with Crippen molar-refractivity contribution in [1.29, 1.82) is 0 Å². The second kappa shape index (κ2) is 5.46. The molecule has 3 heteroatoms. The van der Waals surface area contributed by atoms with Crippen molar-refractivity contribution >= 4 is 27.3 Å². The molecule has 0 amide bonds. The zero-order chi connectivity index (χ0) is 10.7. The number of rotatable bonds is 6. The monoisotopic (exact) mass is 287 g/mol. The number of hydrogen-bond donors (Lipinski definition) is 1. The van der Waals surface area contributed by atoms with Gasteiger partial charge < -0.3 is 5.32 Å². The highest BCUT2D eigenvalue weighted by molar-refractivity contribution is 9.10. The summed E-state index contributed by atoms with van der Waals surface area (Å²) in [5.74, 6) is 0.961. The van der Waals surface area contributed by atoms with Gasteiger partial charge in [-0.1, -0.05) is 6.92 Å². The molecule has 0 bridgehead atoms. The van der Waals surface area contributed by atoms with E-state index < -0.39 is 0 Å². The summed E-state index contributed by atoms with van der Waals surface area (Å²) in [6.45, 7) is 3.31. The Bertz CT molecular complexity index is 306.